The van der Waals surface area contributed by atoms with Crippen molar-refractivity contribution in [2.45, 2.75) is 6.54 Å². The Bertz CT molecular complexity index is 774. The molecule has 1 heterocycles. The van der Waals surface area contributed by atoms with Crippen molar-refractivity contribution in [3.63, 3.8) is 0 Å². The summed E-state index contributed by atoms with van der Waals surface area (Å²) in [5.41, 5.74) is 2.06. The summed E-state index contributed by atoms with van der Waals surface area (Å²) in [5, 5.41) is 1.27. The highest BCUT2D eigenvalue weighted by Crippen LogP contribution is 2.25. The number of hydrogen-bond acceptors (Lipinski definition) is 3. The van der Waals surface area contributed by atoms with E-state index in [9.17, 15) is 0 Å². The number of benzene rings is 2. The molecule has 0 atom stereocenters. The van der Waals surface area contributed by atoms with Gasteiger partial charge in [0, 0.05) is 23.5 Å². The van der Waals surface area contributed by atoms with E-state index in [4.69, 9.17) is 11.6 Å². The van der Waals surface area contributed by atoms with Crippen LogP contribution in [0.1, 0.15) is 5.56 Å². The molecule has 5 heteroatoms. The normalized spacial score (nSPS) is 10.8. The van der Waals surface area contributed by atoms with E-state index in [0.29, 0.717) is 0 Å². The second-order valence-electron chi connectivity index (χ2n) is 4.82. The first kappa shape index (κ1) is 14.3. The van der Waals surface area contributed by atoms with Crippen LogP contribution >= 0.6 is 27.5 Å². The van der Waals surface area contributed by atoms with Crippen LogP contribution < -0.4 is 4.90 Å². The topological polar surface area (TPSA) is 29.0 Å². The molecule has 0 saturated carbocycles. The number of anilines is 1. The second-order valence-corrected chi connectivity index (χ2v) is 6.07. The van der Waals surface area contributed by atoms with Gasteiger partial charge in [0.25, 0.3) is 0 Å². The van der Waals surface area contributed by atoms with Crippen LogP contribution in [0.25, 0.3) is 10.9 Å². The van der Waals surface area contributed by atoms with Gasteiger partial charge in [0.1, 0.15) is 5.82 Å². The zero-order valence-corrected chi connectivity index (χ0v) is 13.8. The molecule has 3 rings (SSSR count). The molecular weight excluding hydrogens is 350 g/mol. The first-order chi connectivity index (χ1) is 10.1. The Kier molecular flexibility index (Phi) is 4.08. The first-order valence-corrected chi connectivity index (χ1v) is 7.68. The van der Waals surface area contributed by atoms with E-state index >= 15 is 0 Å². The number of para-hydroxylation sites is 1. The molecule has 0 aliphatic heterocycles. The Labute approximate surface area is 136 Å². The summed E-state index contributed by atoms with van der Waals surface area (Å²) in [6, 6.07) is 16.1. The third kappa shape index (κ3) is 3.17. The summed E-state index contributed by atoms with van der Waals surface area (Å²) in [6.45, 7) is 0.755. The highest BCUT2D eigenvalue weighted by atomic mass is 79.9. The average Bonchev–Trinajstić information content (AvgIpc) is 2.48. The van der Waals surface area contributed by atoms with Gasteiger partial charge in [-0.25, -0.2) is 4.98 Å². The van der Waals surface area contributed by atoms with Crippen LogP contribution in [-0.4, -0.2) is 17.0 Å². The molecule has 21 heavy (non-hydrogen) atoms. The van der Waals surface area contributed by atoms with Gasteiger partial charge in [-0.15, -0.1) is 0 Å². The fourth-order valence-electron chi connectivity index (χ4n) is 2.26. The van der Waals surface area contributed by atoms with Crippen molar-refractivity contribution < 1.29 is 0 Å². The highest BCUT2D eigenvalue weighted by molar-refractivity contribution is 9.10. The Morgan fingerprint density at radius 1 is 1.05 bits per heavy atom. The van der Waals surface area contributed by atoms with Gasteiger partial charge in [-0.3, -0.25) is 0 Å². The molecule has 0 fully saturated rings. The van der Waals surface area contributed by atoms with Crippen molar-refractivity contribution in [2.75, 3.05) is 11.9 Å². The highest BCUT2D eigenvalue weighted by Gasteiger charge is 2.11. The molecule has 0 aliphatic carbocycles. The van der Waals surface area contributed by atoms with Gasteiger partial charge in [0.05, 0.1) is 5.52 Å². The number of fused-ring (bicyclic) bond motifs is 1. The molecule has 0 N–H and O–H groups in total. The number of halogens is 2. The Hall–Kier alpha value is -1.65. The van der Waals surface area contributed by atoms with Crippen molar-refractivity contribution in [2.24, 2.45) is 0 Å². The zero-order valence-electron chi connectivity index (χ0n) is 11.4. The van der Waals surface area contributed by atoms with E-state index < -0.39 is 0 Å². The first-order valence-electron chi connectivity index (χ1n) is 6.51. The fourth-order valence-corrected chi connectivity index (χ4v) is 2.70. The minimum atomic E-state index is 0.270. The van der Waals surface area contributed by atoms with Gasteiger partial charge in [-0.05, 0) is 41.4 Å². The van der Waals surface area contributed by atoms with Crippen LogP contribution in [0.4, 0.5) is 5.82 Å². The van der Waals surface area contributed by atoms with Gasteiger partial charge in [0.2, 0.25) is 5.28 Å². The van der Waals surface area contributed by atoms with Crippen molar-refractivity contribution in [3.8, 4) is 0 Å². The average molecular weight is 363 g/mol. The maximum Gasteiger partial charge on any atom is 0.224 e. The zero-order chi connectivity index (χ0) is 14.8. The van der Waals surface area contributed by atoms with Crippen LogP contribution in [0.5, 0.6) is 0 Å². The number of nitrogens with zero attached hydrogens (tertiary/aromatic N) is 3. The summed E-state index contributed by atoms with van der Waals surface area (Å²) in [5.74, 6) is 0.841. The van der Waals surface area contributed by atoms with Crippen LogP contribution in [0, 0.1) is 0 Å². The van der Waals surface area contributed by atoms with Gasteiger partial charge >= 0.3 is 0 Å². The van der Waals surface area contributed by atoms with Crippen LogP contribution in [-0.2, 0) is 6.54 Å². The Balaban J connectivity index is 1.97. The monoisotopic (exact) mass is 361 g/mol. The molecule has 0 radical (unpaired) electrons. The molecule has 0 bridgehead atoms. The summed E-state index contributed by atoms with van der Waals surface area (Å²) in [4.78, 5) is 10.7. The van der Waals surface area contributed by atoms with Crippen LogP contribution in [0.3, 0.4) is 0 Å². The number of rotatable bonds is 3. The summed E-state index contributed by atoms with van der Waals surface area (Å²) in [7, 11) is 2.01. The number of hydrogen-bond donors (Lipinski definition) is 0. The maximum absolute atomic E-state index is 6.04. The van der Waals surface area contributed by atoms with E-state index in [1.807, 2.05) is 43.4 Å². The van der Waals surface area contributed by atoms with Crippen molar-refractivity contribution in [3.05, 3.63) is 63.9 Å². The molecule has 1 aromatic heterocycles. The molecule has 0 aliphatic rings. The third-order valence-corrected chi connectivity index (χ3v) is 3.95. The molecule has 106 valence electrons. The van der Waals surface area contributed by atoms with E-state index in [-0.39, 0.29) is 5.28 Å². The van der Waals surface area contributed by atoms with E-state index in [0.717, 1.165) is 27.7 Å². The molecule has 2 aromatic carbocycles. The molecule has 3 aromatic rings. The number of aromatic nitrogens is 2. The maximum atomic E-state index is 6.04. The third-order valence-electron chi connectivity index (χ3n) is 3.25. The molecule has 0 spiro atoms. The van der Waals surface area contributed by atoms with Crippen LogP contribution in [0.2, 0.25) is 5.28 Å². The summed E-state index contributed by atoms with van der Waals surface area (Å²) < 4.78 is 1.07. The molecule has 0 saturated heterocycles. The lowest BCUT2D eigenvalue weighted by Crippen LogP contribution is -2.18. The summed E-state index contributed by atoms with van der Waals surface area (Å²) in [6.07, 6.45) is 0. The minimum Gasteiger partial charge on any atom is -0.355 e. The van der Waals surface area contributed by atoms with Crippen molar-refractivity contribution in [1.29, 1.82) is 0 Å². The SMILES string of the molecule is CN(Cc1ccc(Br)cc1)c1nc(Cl)nc2ccccc12. The quantitative estimate of drug-likeness (QED) is 0.633. The Morgan fingerprint density at radius 2 is 1.76 bits per heavy atom. The van der Waals surface area contributed by atoms with Crippen molar-refractivity contribution >= 4 is 44.3 Å². The minimum absolute atomic E-state index is 0.270. The lowest BCUT2D eigenvalue weighted by molar-refractivity contribution is 0.900. The molecule has 0 amide bonds. The molecule has 3 nitrogen and oxygen atoms in total. The predicted octanol–water partition coefficient (Wildman–Crippen LogP) is 4.68. The molecular formula is C16H13BrClN3. The lowest BCUT2D eigenvalue weighted by atomic mass is 10.2. The van der Waals surface area contributed by atoms with E-state index in [1.54, 1.807) is 0 Å². The predicted molar refractivity (Wildman–Crippen MR) is 90.8 cm³/mol. The smallest absolute Gasteiger partial charge is 0.224 e. The van der Waals surface area contributed by atoms with E-state index in [1.165, 1.54) is 5.56 Å². The van der Waals surface area contributed by atoms with Crippen molar-refractivity contribution in [1.82, 2.24) is 9.97 Å². The fraction of sp³-hybridized carbons (Fsp3) is 0.125. The van der Waals surface area contributed by atoms with Gasteiger partial charge in [-0.1, -0.05) is 40.2 Å². The van der Waals surface area contributed by atoms with Gasteiger partial charge in [-0.2, -0.15) is 4.98 Å². The second kappa shape index (κ2) is 6.00. The van der Waals surface area contributed by atoms with Crippen LogP contribution in [0.15, 0.2) is 53.0 Å². The Morgan fingerprint density at radius 3 is 2.52 bits per heavy atom. The lowest BCUT2D eigenvalue weighted by Gasteiger charge is -2.20. The summed E-state index contributed by atoms with van der Waals surface area (Å²) >= 11 is 9.48. The van der Waals surface area contributed by atoms with Gasteiger partial charge in [0.15, 0.2) is 0 Å². The van der Waals surface area contributed by atoms with E-state index in [2.05, 4.69) is 42.9 Å². The standard InChI is InChI=1S/C16H13BrClN3/c1-21(10-11-6-8-12(17)9-7-11)15-13-4-2-3-5-14(13)19-16(18)20-15/h2-9H,10H2,1H3. The molecule has 0 unspecified atom stereocenters. The van der Waals surface area contributed by atoms with Gasteiger partial charge < -0.3 is 4.90 Å². The largest absolute Gasteiger partial charge is 0.355 e.